The van der Waals surface area contributed by atoms with Gasteiger partial charge in [0, 0.05) is 17.6 Å². The van der Waals surface area contributed by atoms with Gasteiger partial charge in [0.2, 0.25) is 11.7 Å². The molecule has 1 aromatic heterocycles. The van der Waals surface area contributed by atoms with Crippen molar-refractivity contribution in [3.8, 4) is 17.1 Å². The Balaban J connectivity index is 1.65. The SMILES string of the molecule is CC[C@H](Oc1ccc(Cl)cc1)C(=O)N(C)Cc1nc(-c2cccc(C)c2)no1. The average Bonchev–Trinajstić information content (AvgIpc) is 3.15. The number of aryl methyl sites for hydroxylation is 1. The lowest BCUT2D eigenvalue weighted by molar-refractivity contribution is -0.138. The summed E-state index contributed by atoms with van der Waals surface area (Å²) < 4.78 is 11.1. The highest BCUT2D eigenvalue weighted by atomic mass is 35.5. The van der Waals surface area contributed by atoms with Gasteiger partial charge in [-0.1, -0.05) is 47.4 Å². The summed E-state index contributed by atoms with van der Waals surface area (Å²) in [6.45, 7) is 4.11. The lowest BCUT2D eigenvalue weighted by atomic mass is 10.1. The first-order valence-corrected chi connectivity index (χ1v) is 9.41. The molecule has 0 bridgehead atoms. The average molecular weight is 400 g/mol. The Bertz CT molecular complexity index is 940. The standard InChI is InChI=1S/C21H22ClN3O3/c1-4-18(27-17-10-8-16(22)9-11-17)21(26)25(3)13-19-23-20(24-28-19)15-7-5-6-14(2)12-15/h5-12,18H,4,13H2,1-3H3/t18-/m0/s1. The number of hydrogen-bond donors (Lipinski definition) is 0. The van der Waals surface area contributed by atoms with Crippen molar-refractivity contribution >= 4 is 17.5 Å². The maximum atomic E-state index is 12.8. The van der Waals surface area contributed by atoms with E-state index in [-0.39, 0.29) is 12.5 Å². The van der Waals surface area contributed by atoms with E-state index in [0.29, 0.717) is 28.9 Å². The highest BCUT2D eigenvalue weighted by molar-refractivity contribution is 6.30. The van der Waals surface area contributed by atoms with Gasteiger partial charge in [0.25, 0.3) is 5.91 Å². The molecule has 0 fully saturated rings. The van der Waals surface area contributed by atoms with Crippen molar-refractivity contribution in [1.29, 1.82) is 0 Å². The number of aromatic nitrogens is 2. The maximum Gasteiger partial charge on any atom is 0.263 e. The number of benzene rings is 2. The fourth-order valence-electron chi connectivity index (χ4n) is 2.73. The molecule has 2 aromatic carbocycles. The summed E-state index contributed by atoms with van der Waals surface area (Å²) in [5, 5.41) is 4.63. The van der Waals surface area contributed by atoms with Crippen molar-refractivity contribution in [3.05, 3.63) is 65.0 Å². The van der Waals surface area contributed by atoms with Gasteiger partial charge in [-0.2, -0.15) is 4.98 Å². The minimum atomic E-state index is -0.606. The summed E-state index contributed by atoms with van der Waals surface area (Å²) >= 11 is 5.89. The lowest BCUT2D eigenvalue weighted by Crippen LogP contribution is -2.39. The molecule has 0 saturated heterocycles. The lowest BCUT2D eigenvalue weighted by Gasteiger charge is -2.22. The van der Waals surface area contributed by atoms with E-state index in [2.05, 4.69) is 10.1 Å². The fourth-order valence-corrected chi connectivity index (χ4v) is 2.86. The summed E-state index contributed by atoms with van der Waals surface area (Å²) in [6.07, 6.45) is -0.0742. The molecule has 0 unspecified atom stereocenters. The van der Waals surface area contributed by atoms with Crippen LogP contribution in [0.4, 0.5) is 0 Å². The molecule has 1 atom stereocenters. The number of likely N-dealkylation sites (N-methyl/N-ethyl adjacent to an activating group) is 1. The molecule has 0 saturated carbocycles. The number of rotatable bonds is 7. The molecule has 0 radical (unpaired) electrons. The molecule has 3 aromatic rings. The van der Waals surface area contributed by atoms with Gasteiger partial charge in [-0.05, 0) is 43.7 Å². The molecule has 3 rings (SSSR count). The Morgan fingerprint density at radius 1 is 1.25 bits per heavy atom. The first-order valence-electron chi connectivity index (χ1n) is 9.03. The molecule has 0 spiro atoms. The van der Waals surface area contributed by atoms with Crippen molar-refractivity contribution in [2.45, 2.75) is 32.9 Å². The van der Waals surface area contributed by atoms with Crippen LogP contribution in [0.1, 0.15) is 24.8 Å². The third-order valence-electron chi connectivity index (χ3n) is 4.23. The second-order valence-electron chi connectivity index (χ2n) is 6.54. The first kappa shape index (κ1) is 19.9. The van der Waals surface area contributed by atoms with Crippen LogP contribution in [-0.2, 0) is 11.3 Å². The summed E-state index contributed by atoms with van der Waals surface area (Å²) in [4.78, 5) is 18.7. The van der Waals surface area contributed by atoms with E-state index in [0.717, 1.165) is 11.1 Å². The summed E-state index contributed by atoms with van der Waals surface area (Å²) in [6, 6.07) is 14.8. The van der Waals surface area contributed by atoms with Crippen molar-refractivity contribution in [2.75, 3.05) is 7.05 Å². The van der Waals surface area contributed by atoms with E-state index >= 15 is 0 Å². The zero-order valence-electron chi connectivity index (χ0n) is 16.1. The Hall–Kier alpha value is -2.86. The van der Waals surface area contributed by atoms with E-state index in [9.17, 15) is 4.79 Å². The predicted octanol–water partition coefficient (Wildman–Crippen LogP) is 4.51. The number of carbonyl (C=O) groups excluding carboxylic acids is 1. The molecule has 0 N–H and O–H groups in total. The quantitative estimate of drug-likeness (QED) is 0.584. The van der Waals surface area contributed by atoms with Crippen molar-refractivity contribution in [3.63, 3.8) is 0 Å². The molecule has 1 heterocycles. The molecular formula is C21H22ClN3O3. The van der Waals surface area contributed by atoms with E-state index in [1.165, 1.54) is 4.90 Å². The van der Waals surface area contributed by atoms with Crippen LogP contribution >= 0.6 is 11.6 Å². The van der Waals surface area contributed by atoms with E-state index in [4.69, 9.17) is 20.9 Å². The fraction of sp³-hybridized carbons (Fsp3) is 0.286. The zero-order valence-corrected chi connectivity index (χ0v) is 16.8. The van der Waals surface area contributed by atoms with Crippen molar-refractivity contribution in [1.82, 2.24) is 15.0 Å². The van der Waals surface area contributed by atoms with Crippen LogP contribution in [0.15, 0.2) is 53.1 Å². The second-order valence-corrected chi connectivity index (χ2v) is 6.98. The smallest absolute Gasteiger partial charge is 0.263 e. The van der Waals surface area contributed by atoms with Crippen LogP contribution < -0.4 is 4.74 Å². The Kier molecular flexibility index (Phi) is 6.31. The third kappa shape index (κ3) is 4.89. The largest absolute Gasteiger partial charge is 0.481 e. The molecule has 0 aliphatic rings. The summed E-state index contributed by atoms with van der Waals surface area (Å²) in [5.41, 5.74) is 1.99. The summed E-state index contributed by atoms with van der Waals surface area (Å²) in [7, 11) is 1.69. The van der Waals surface area contributed by atoms with Crippen LogP contribution in [0, 0.1) is 6.92 Å². The number of hydrogen-bond acceptors (Lipinski definition) is 5. The van der Waals surface area contributed by atoms with Crippen LogP contribution in [0.5, 0.6) is 5.75 Å². The van der Waals surface area contributed by atoms with Gasteiger partial charge in [0.1, 0.15) is 5.75 Å². The minimum Gasteiger partial charge on any atom is -0.481 e. The molecular weight excluding hydrogens is 378 g/mol. The first-order chi connectivity index (χ1) is 13.5. The van der Waals surface area contributed by atoms with Gasteiger partial charge in [-0.15, -0.1) is 0 Å². The Morgan fingerprint density at radius 2 is 2.00 bits per heavy atom. The molecule has 1 amide bonds. The van der Waals surface area contributed by atoms with Gasteiger partial charge in [0.15, 0.2) is 6.10 Å². The third-order valence-corrected chi connectivity index (χ3v) is 4.48. The van der Waals surface area contributed by atoms with Gasteiger partial charge in [0.05, 0.1) is 6.54 Å². The van der Waals surface area contributed by atoms with Gasteiger partial charge in [-0.25, -0.2) is 0 Å². The number of ether oxygens (including phenoxy) is 1. The highest BCUT2D eigenvalue weighted by Crippen LogP contribution is 2.20. The van der Waals surface area contributed by atoms with Gasteiger partial charge < -0.3 is 14.2 Å². The van der Waals surface area contributed by atoms with Crippen LogP contribution in [-0.4, -0.2) is 34.1 Å². The Labute approximate surface area is 169 Å². The monoisotopic (exact) mass is 399 g/mol. The van der Waals surface area contributed by atoms with E-state index in [1.807, 2.05) is 38.1 Å². The number of nitrogens with zero attached hydrogens (tertiary/aromatic N) is 3. The van der Waals surface area contributed by atoms with E-state index in [1.54, 1.807) is 31.3 Å². The molecule has 0 aliphatic heterocycles. The van der Waals surface area contributed by atoms with Gasteiger partial charge >= 0.3 is 0 Å². The molecule has 7 heteroatoms. The number of amides is 1. The molecule has 6 nitrogen and oxygen atoms in total. The minimum absolute atomic E-state index is 0.159. The van der Waals surface area contributed by atoms with E-state index < -0.39 is 6.10 Å². The maximum absolute atomic E-state index is 12.8. The van der Waals surface area contributed by atoms with Crippen LogP contribution in [0.3, 0.4) is 0 Å². The Morgan fingerprint density at radius 3 is 2.68 bits per heavy atom. The zero-order chi connectivity index (χ0) is 20.1. The normalized spacial score (nSPS) is 11.9. The van der Waals surface area contributed by atoms with Crippen molar-refractivity contribution < 1.29 is 14.1 Å². The molecule has 146 valence electrons. The van der Waals surface area contributed by atoms with Gasteiger partial charge in [-0.3, -0.25) is 4.79 Å². The molecule has 0 aliphatic carbocycles. The second kappa shape index (κ2) is 8.89. The number of carbonyl (C=O) groups is 1. The van der Waals surface area contributed by atoms with Crippen LogP contribution in [0.25, 0.3) is 11.4 Å². The highest BCUT2D eigenvalue weighted by Gasteiger charge is 2.24. The predicted molar refractivity (Wildman–Crippen MR) is 107 cm³/mol. The summed E-state index contributed by atoms with van der Waals surface area (Å²) in [5.74, 6) is 1.31. The molecule has 28 heavy (non-hydrogen) atoms. The van der Waals surface area contributed by atoms with Crippen molar-refractivity contribution in [2.24, 2.45) is 0 Å². The van der Waals surface area contributed by atoms with Crippen LogP contribution in [0.2, 0.25) is 5.02 Å². The topological polar surface area (TPSA) is 68.5 Å². The number of halogens is 1.